The summed E-state index contributed by atoms with van der Waals surface area (Å²) >= 11 is 3.32. The van der Waals surface area contributed by atoms with Gasteiger partial charge >= 0.3 is 0 Å². The van der Waals surface area contributed by atoms with E-state index in [9.17, 15) is 9.90 Å². The van der Waals surface area contributed by atoms with Gasteiger partial charge < -0.3 is 10.0 Å². The maximum atomic E-state index is 12.4. The lowest BCUT2D eigenvalue weighted by atomic mass is 10.0. The first-order valence-corrected chi connectivity index (χ1v) is 7.32. The van der Waals surface area contributed by atoms with Crippen molar-refractivity contribution in [2.45, 2.75) is 38.2 Å². The molecule has 0 unspecified atom stereocenters. The van der Waals surface area contributed by atoms with E-state index in [0.717, 1.165) is 31.4 Å². The van der Waals surface area contributed by atoms with E-state index in [1.807, 2.05) is 13.0 Å². The second-order valence-corrected chi connectivity index (χ2v) is 6.13. The number of halogens is 1. The van der Waals surface area contributed by atoms with E-state index >= 15 is 0 Å². The van der Waals surface area contributed by atoms with Gasteiger partial charge in [0.15, 0.2) is 0 Å². The minimum Gasteiger partial charge on any atom is -0.388 e. The molecular weight excluding hydrogens is 308 g/mol. The van der Waals surface area contributed by atoms with Gasteiger partial charge in [0.25, 0.3) is 5.91 Å². The van der Waals surface area contributed by atoms with Gasteiger partial charge in [0.1, 0.15) is 4.60 Å². The predicted molar refractivity (Wildman–Crippen MR) is 77.1 cm³/mol. The van der Waals surface area contributed by atoms with E-state index in [1.54, 1.807) is 18.0 Å². The molecule has 1 saturated carbocycles. The second kappa shape index (κ2) is 5.59. The lowest BCUT2D eigenvalue weighted by molar-refractivity contribution is 0.0156. The molecule has 0 radical (unpaired) electrons. The molecule has 1 heterocycles. The summed E-state index contributed by atoms with van der Waals surface area (Å²) in [5.74, 6) is -0.111. The van der Waals surface area contributed by atoms with Crippen molar-refractivity contribution < 1.29 is 9.90 Å². The van der Waals surface area contributed by atoms with Crippen molar-refractivity contribution in [2.24, 2.45) is 0 Å². The number of aromatic nitrogens is 1. The highest BCUT2D eigenvalue weighted by Crippen LogP contribution is 2.30. The maximum absolute atomic E-state index is 12.4. The van der Waals surface area contributed by atoms with Crippen LogP contribution in [0, 0.1) is 6.92 Å². The molecule has 19 heavy (non-hydrogen) atoms. The van der Waals surface area contributed by atoms with Crippen molar-refractivity contribution >= 4 is 21.8 Å². The zero-order valence-electron chi connectivity index (χ0n) is 11.3. The predicted octanol–water partition coefficient (Wildman–Crippen LogP) is 2.53. The van der Waals surface area contributed by atoms with Crippen LogP contribution in [0.25, 0.3) is 0 Å². The molecular formula is C14H19BrN2O2. The van der Waals surface area contributed by atoms with Gasteiger partial charge in [-0.05, 0) is 47.8 Å². The van der Waals surface area contributed by atoms with Gasteiger partial charge in [-0.15, -0.1) is 0 Å². The van der Waals surface area contributed by atoms with Gasteiger partial charge in [0, 0.05) is 19.3 Å². The molecule has 1 fully saturated rings. The fraction of sp³-hybridized carbons (Fsp3) is 0.571. The number of hydrogen-bond acceptors (Lipinski definition) is 3. The van der Waals surface area contributed by atoms with Crippen molar-refractivity contribution in [3.05, 3.63) is 28.0 Å². The van der Waals surface area contributed by atoms with Crippen LogP contribution in [-0.2, 0) is 0 Å². The highest BCUT2D eigenvalue weighted by Gasteiger charge is 2.33. The zero-order valence-corrected chi connectivity index (χ0v) is 12.9. The summed E-state index contributed by atoms with van der Waals surface area (Å²) in [6.07, 6.45) is 3.62. The van der Waals surface area contributed by atoms with Crippen molar-refractivity contribution in [1.82, 2.24) is 9.88 Å². The highest BCUT2D eigenvalue weighted by atomic mass is 79.9. The molecule has 1 aromatic heterocycles. The molecule has 1 aliphatic carbocycles. The SMILES string of the molecule is Cc1ccc(C(=O)N(C)CC2(O)CCCC2)c(Br)n1. The summed E-state index contributed by atoms with van der Waals surface area (Å²) in [6, 6.07) is 3.58. The smallest absolute Gasteiger partial charge is 0.256 e. The molecule has 5 heteroatoms. The lowest BCUT2D eigenvalue weighted by Gasteiger charge is -2.28. The van der Waals surface area contributed by atoms with Crippen LogP contribution in [0.4, 0.5) is 0 Å². The number of rotatable bonds is 3. The normalized spacial score (nSPS) is 17.5. The topological polar surface area (TPSA) is 53.4 Å². The molecule has 0 bridgehead atoms. The van der Waals surface area contributed by atoms with Crippen LogP contribution in [0.2, 0.25) is 0 Å². The molecule has 0 saturated heterocycles. The number of nitrogens with zero attached hydrogens (tertiary/aromatic N) is 2. The molecule has 104 valence electrons. The summed E-state index contributed by atoms with van der Waals surface area (Å²) in [5.41, 5.74) is 0.685. The molecule has 1 N–H and O–H groups in total. The standard InChI is InChI=1S/C14H19BrN2O2/c1-10-5-6-11(12(15)16-10)13(18)17(2)9-14(19)7-3-4-8-14/h5-6,19H,3-4,7-9H2,1-2H3. The van der Waals surface area contributed by atoms with E-state index in [1.165, 1.54) is 0 Å². The molecule has 2 rings (SSSR count). The monoisotopic (exact) mass is 326 g/mol. The third-order valence-electron chi connectivity index (χ3n) is 3.63. The van der Waals surface area contributed by atoms with Crippen LogP contribution in [0.1, 0.15) is 41.7 Å². The Kier molecular flexibility index (Phi) is 4.26. The van der Waals surface area contributed by atoms with E-state index in [-0.39, 0.29) is 5.91 Å². The van der Waals surface area contributed by atoms with Gasteiger partial charge in [-0.1, -0.05) is 12.8 Å². The van der Waals surface area contributed by atoms with Gasteiger partial charge in [-0.2, -0.15) is 0 Å². The van der Waals surface area contributed by atoms with Gasteiger partial charge in [0.2, 0.25) is 0 Å². The number of likely N-dealkylation sites (N-methyl/N-ethyl adjacent to an activating group) is 1. The van der Waals surface area contributed by atoms with Gasteiger partial charge in [-0.25, -0.2) is 4.98 Å². The molecule has 1 aromatic rings. The van der Waals surface area contributed by atoms with Crippen LogP contribution in [-0.4, -0.2) is 40.1 Å². The quantitative estimate of drug-likeness (QED) is 0.868. The first kappa shape index (κ1) is 14.5. The van der Waals surface area contributed by atoms with Crippen LogP contribution >= 0.6 is 15.9 Å². The Bertz CT molecular complexity index is 484. The molecule has 0 aromatic carbocycles. The third kappa shape index (κ3) is 3.34. The summed E-state index contributed by atoms with van der Waals surface area (Å²) in [7, 11) is 1.73. The largest absolute Gasteiger partial charge is 0.388 e. The number of carbonyl (C=O) groups excluding carboxylic acids is 1. The summed E-state index contributed by atoms with van der Waals surface area (Å²) < 4.78 is 0.558. The zero-order chi connectivity index (χ0) is 14.0. The Morgan fingerprint density at radius 2 is 2.11 bits per heavy atom. The lowest BCUT2D eigenvalue weighted by Crippen LogP contribution is -2.42. The number of pyridine rings is 1. The van der Waals surface area contributed by atoms with E-state index < -0.39 is 5.60 Å². The maximum Gasteiger partial charge on any atom is 0.256 e. The van der Waals surface area contributed by atoms with Crippen LogP contribution in [0.15, 0.2) is 16.7 Å². The summed E-state index contributed by atoms with van der Waals surface area (Å²) in [4.78, 5) is 18.2. The molecule has 0 aliphatic heterocycles. The van der Waals surface area contributed by atoms with Crippen LogP contribution < -0.4 is 0 Å². The average molecular weight is 327 g/mol. The fourth-order valence-electron chi connectivity index (χ4n) is 2.59. The Balaban J connectivity index is 2.10. The Hall–Kier alpha value is -0.940. The molecule has 4 nitrogen and oxygen atoms in total. The first-order valence-electron chi connectivity index (χ1n) is 6.52. The molecule has 1 aliphatic rings. The van der Waals surface area contributed by atoms with Crippen molar-refractivity contribution in [2.75, 3.05) is 13.6 Å². The Morgan fingerprint density at radius 3 is 2.68 bits per heavy atom. The molecule has 0 atom stereocenters. The van der Waals surface area contributed by atoms with Crippen molar-refractivity contribution in [3.63, 3.8) is 0 Å². The van der Waals surface area contributed by atoms with Crippen molar-refractivity contribution in [1.29, 1.82) is 0 Å². The van der Waals surface area contributed by atoms with E-state index in [2.05, 4.69) is 20.9 Å². The number of hydrogen-bond donors (Lipinski definition) is 1. The third-order valence-corrected chi connectivity index (χ3v) is 4.24. The number of aryl methyl sites for hydroxylation is 1. The number of aliphatic hydroxyl groups is 1. The van der Waals surface area contributed by atoms with Crippen LogP contribution in [0.5, 0.6) is 0 Å². The highest BCUT2D eigenvalue weighted by molar-refractivity contribution is 9.10. The summed E-state index contributed by atoms with van der Waals surface area (Å²) in [5, 5.41) is 10.3. The van der Waals surface area contributed by atoms with Gasteiger partial charge in [-0.3, -0.25) is 4.79 Å². The van der Waals surface area contributed by atoms with E-state index in [4.69, 9.17) is 0 Å². The fourth-order valence-corrected chi connectivity index (χ4v) is 3.18. The number of carbonyl (C=O) groups is 1. The molecule has 0 spiro atoms. The average Bonchev–Trinajstić information content (AvgIpc) is 2.75. The first-order chi connectivity index (χ1) is 8.91. The van der Waals surface area contributed by atoms with Crippen LogP contribution in [0.3, 0.4) is 0 Å². The minimum atomic E-state index is -0.713. The summed E-state index contributed by atoms with van der Waals surface area (Å²) in [6.45, 7) is 2.26. The van der Waals surface area contributed by atoms with E-state index in [0.29, 0.717) is 16.7 Å². The minimum absolute atomic E-state index is 0.111. The van der Waals surface area contributed by atoms with Crippen molar-refractivity contribution in [3.8, 4) is 0 Å². The van der Waals surface area contributed by atoms with Gasteiger partial charge in [0.05, 0.1) is 11.2 Å². The number of amides is 1. The Labute approximate surface area is 122 Å². The second-order valence-electron chi connectivity index (χ2n) is 5.38. The Morgan fingerprint density at radius 1 is 1.47 bits per heavy atom. The molecule has 1 amide bonds.